The predicted octanol–water partition coefficient (Wildman–Crippen LogP) is 1.36. The highest BCUT2D eigenvalue weighted by atomic mass is 19.1. The summed E-state index contributed by atoms with van der Waals surface area (Å²) in [6, 6.07) is 4.47. The van der Waals surface area contributed by atoms with Crippen LogP contribution in [0.4, 0.5) is 4.39 Å². The van der Waals surface area contributed by atoms with Gasteiger partial charge in [-0.15, -0.1) is 0 Å². The van der Waals surface area contributed by atoms with Gasteiger partial charge in [-0.1, -0.05) is 6.07 Å². The highest BCUT2D eigenvalue weighted by Crippen LogP contribution is 2.16. The van der Waals surface area contributed by atoms with Crippen molar-refractivity contribution in [3.8, 4) is 0 Å². The van der Waals surface area contributed by atoms with Gasteiger partial charge in [-0.3, -0.25) is 4.79 Å². The first-order valence-corrected chi connectivity index (χ1v) is 6.33. The summed E-state index contributed by atoms with van der Waals surface area (Å²) in [5.41, 5.74) is 0.842. The Balaban J connectivity index is 2.16. The molecule has 0 radical (unpaired) electrons. The molecule has 0 aliphatic carbocycles. The number of aliphatic hydroxyl groups is 1. The van der Waals surface area contributed by atoms with Crippen molar-refractivity contribution in [3.05, 3.63) is 35.1 Å². The Labute approximate surface area is 111 Å². The van der Waals surface area contributed by atoms with Crippen molar-refractivity contribution < 1.29 is 19.0 Å². The number of aliphatic hydroxyl groups excluding tert-OH is 1. The van der Waals surface area contributed by atoms with Crippen molar-refractivity contribution >= 4 is 5.91 Å². The highest BCUT2D eigenvalue weighted by molar-refractivity contribution is 5.94. The summed E-state index contributed by atoms with van der Waals surface area (Å²) >= 11 is 0. The molecule has 19 heavy (non-hydrogen) atoms. The summed E-state index contributed by atoms with van der Waals surface area (Å²) in [7, 11) is 0. The van der Waals surface area contributed by atoms with Crippen LogP contribution in [0.2, 0.25) is 0 Å². The standard InChI is InChI=1S/C14H18FNO3/c1-9-3-4-11(5-13(9)15)14(18)16-6-10(2)19-12(7-16)8-17/h3-5,10,12,17H,6-8H2,1-2H3. The molecule has 104 valence electrons. The normalized spacial score (nSPS) is 23.5. The second-order valence-electron chi connectivity index (χ2n) is 4.93. The van der Waals surface area contributed by atoms with Crippen LogP contribution in [-0.4, -0.2) is 47.8 Å². The molecule has 1 fully saturated rings. The van der Waals surface area contributed by atoms with Gasteiger partial charge in [-0.2, -0.15) is 0 Å². The van der Waals surface area contributed by atoms with Crippen molar-refractivity contribution in [2.75, 3.05) is 19.7 Å². The number of hydrogen-bond donors (Lipinski definition) is 1. The minimum atomic E-state index is -0.383. The average Bonchev–Trinajstić information content (AvgIpc) is 2.40. The molecule has 2 atom stereocenters. The van der Waals surface area contributed by atoms with Crippen molar-refractivity contribution in [2.24, 2.45) is 0 Å². The van der Waals surface area contributed by atoms with Gasteiger partial charge in [0.25, 0.3) is 5.91 Å². The van der Waals surface area contributed by atoms with E-state index >= 15 is 0 Å². The molecule has 1 saturated heterocycles. The molecule has 1 N–H and O–H groups in total. The van der Waals surface area contributed by atoms with Crippen LogP contribution in [0.15, 0.2) is 18.2 Å². The van der Waals surface area contributed by atoms with Gasteiger partial charge in [0, 0.05) is 18.7 Å². The summed E-state index contributed by atoms with van der Waals surface area (Å²) in [5.74, 6) is -0.613. The van der Waals surface area contributed by atoms with Crippen LogP contribution in [0.3, 0.4) is 0 Å². The van der Waals surface area contributed by atoms with Gasteiger partial charge in [0.05, 0.1) is 18.8 Å². The lowest BCUT2D eigenvalue weighted by Gasteiger charge is -2.36. The number of halogens is 1. The molecule has 4 nitrogen and oxygen atoms in total. The molecule has 1 aliphatic rings. The molecule has 1 amide bonds. The van der Waals surface area contributed by atoms with E-state index in [1.165, 1.54) is 6.07 Å². The second kappa shape index (κ2) is 5.67. The Kier molecular flexibility index (Phi) is 4.17. The van der Waals surface area contributed by atoms with Crippen LogP contribution in [0.5, 0.6) is 0 Å². The lowest BCUT2D eigenvalue weighted by Crippen LogP contribution is -2.50. The van der Waals surface area contributed by atoms with E-state index in [1.54, 1.807) is 24.0 Å². The molecule has 1 aliphatic heterocycles. The maximum atomic E-state index is 13.5. The lowest BCUT2D eigenvalue weighted by molar-refractivity contribution is -0.0858. The van der Waals surface area contributed by atoms with Gasteiger partial charge < -0.3 is 14.7 Å². The number of rotatable bonds is 2. The minimum absolute atomic E-state index is 0.129. The van der Waals surface area contributed by atoms with E-state index in [0.29, 0.717) is 24.2 Å². The Morgan fingerprint density at radius 3 is 2.89 bits per heavy atom. The molecule has 0 saturated carbocycles. The van der Waals surface area contributed by atoms with E-state index in [0.717, 1.165) is 0 Å². The van der Waals surface area contributed by atoms with Crippen LogP contribution < -0.4 is 0 Å². The van der Waals surface area contributed by atoms with Crippen molar-refractivity contribution in [2.45, 2.75) is 26.1 Å². The Bertz CT molecular complexity index is 478. The van der Waals surface area contributed by atoms with Gasteiger partial charge in [-0.05, 0) is 31.5 Å². The van der Waals surface area contributed by atoms with Crippen LogP contribution >= 0.6 is 0 Å². The summed E-state index contributed by atoms with van der Waals surface area (Å²) in [6.07, 6.45) is -0.506. The molecule has 1 aromatic carbocycles. The molecular formula is C14H18FNO3. The third-order valence-electron chi connectivity index (χ3n) is 3.24. The second-order valence-corrected chi connectivity index (χ2v) is 4.93. The third kappa shape index (κ3) is 3.11. The molecule has 1 heterocycles. The first-order valence-electron chi connectivity index (χ1n) is 6.33. The fraction of sp³-hybridized carbons (Fsp3) is 0.500. The van der Waals surface area contributed by atoms with E-state index in [2.05, 4.69) is 0 Å². The number of benzene rings is 1. The molecule has 0 spiro atoms. The number of nitrogens with zero attached hydrogens (tertiary/aromatic N) is 1. The summed E-state index contributed by atoms with van der Waals surface area (Å²) in [5, 5.41) is 9.14. The molecule has 2 rings (SSSR count). The monoisotopic (exact) mass is 267 g/mol. The smallest absolute Gasteiger partial charge is 0.254 e. The van der Waals surface area contributed by atoms with Gasteiger partial charge in [-0.25, -0.2) is 4.39 Å². The van der Waals surface area contributed by atoms with Gasteiger partial charge in [0.15, 0.2) is 0 Å². The topological polar surface area (TPSA) is 49.8 Å². The molecule has 5 heteroatoms. The molecule has 0 aromatic heterocycles. The maximum Gasteiger partial charge on any atom is 0.254 e. The molecule has 1 aromatic rings. The summed E-state index contributed by atoms with van der Waals surface area (Å²) in [4.78, 5) is 13.9. The zero-order valence-electron chi connectivity index (χ0n) is 11.1. The van der Waals surface area contributed by atoms with E-state index in [-0.39, 0.29) is 30.5 Å². The van der Waals surface area contributed by atoms with Crippen LogP contribution in [-0.2, 0) is 4.74 Å². The zero-order chi connectivity index (χ0) is 14.0. The summed E-state index contributed by atoms with van der Waals surface area (Å²) in [6.45, 7) is 4.15. The van der Waals surface area contributed by atoms with Crippen molar-refractivity contribution in [1.29, 1.82) is 0 Å². The number of ether oxygens (including phenoxy) is 1. The lowest BCUT2D eigenvalue weighted by atomic mass is 10.1. The molecule has 0 bridgehead atoms. The quantitative estimate of drug-likeness (QED) is 0.880. The Morgan fingerprint density at radius 2 is 2.26 bits per heavy atom. The fourth-order valence-corrected chi connectivity index (χ4v) is 2.22. The Morgan fingerprint density at radius 1 is 1.53 bits per heavy atom. The average molecular weight is 267 g/mol. The number of carbonyl (C=O) groups is 1. The van der Waals surface area contributed by atoms with E-state index < -0.39 is 0 Å². The van der Waals surface area contributed by atoms with Crippen LogP contribution in [0, 0.1) is 12.7 Å². The van der Waals surface area contributed by atoms with Gasteiger partial charge in [0.2, 0.25) is 0 Å². The van der Waals surface area contributed by atoms with Gasteiger partial charge in [0.1, 0.15) is 5.82 Å². The number of carbonyl (C=O) groups excluding carboxylic acids is 1. The third-order valence-corrected chi connectivity index (χ3v) is 3.24. The SMILES string of the molecule is Cc1ccc(C(=O)N2CC(C)OC(CO)C2)cc1F. The Hall–Kier alpha value is -1.46. The van der Waals surface area contributed by atoms with E-state index in [1.807, 2.05) is 6.92 Å². The van der Waals surface area contributed by atoms with Crippen molar-refractivity contribution in [3.63, 3.8) is 0 Å². The minimum Gasteiger partial charge on any atom is -0.394 e. The number of morpholine rings is 1. The van der Waals surface area contributed by atoms with Crippen molar-refractivity contribution in [1.82, 2.24) is 4.90 Å². The number of hydrogen-bond acceptors (Lipinski definition) is 3. The van der Waals surface area contributed by atoms with Crippen LogP contribution in [0.1, 0.15) is 22.8 Å². The molecular weight excluding hydrogens is 249 g/mol. The maximum absolute atomic E-state index is 13.5. The highest BCUT2D eigenvalue weighted by Gasteiger charge is 2.28. The zero-order valence-corrected chi connectivity index (χ0v) is 11.1. The van der Waals surface area contributed by atoms with E-state index in [4.69, 9.17) is 9.84 Å². The predicted molar refractivity (Wildman–Crippen MR) is 68.5 cm³/mol. The molecule has 2 unspecified atom stereocenters. The number of aryl methyl sites for hydroxylation is 1. The number of amides is 1. The van der Waals surface area contributed by atoms with Crippen LogP contribution in [0.25, 0.3) is 0 Å². The fourth-order valence-electron chi connectivity index (χ4n) is 2.22. The van der Waals surface area contributed by atoms with E-state index in [9.17, 15) is 9.18 Å². The largest absolute Gasteiger partial charge is 0.394 e. The summed E-state index contributed by atoms with van der Waals surface area (Å²) < 4.78 is 19.0. The van der Waals surface area contributed by atoms with Gasteiger partial charge >= 0.3 is 0 Å². The first kappa shape index (κ1) is 14.0. The first-order chi connectivity index (χ1) is 9.01.